The number of likely N-dealkylation sites (N-methyl/N-ethyl adjacent to an activating group) is 1. The van der Waals surface area contributed by atoms with Crippen LogP contribution in [0.1, 0.15) is 23.2 Å². The van der Waals surface area contributed by atoms with Gasteiger partial charge in [-0.3, -0.25) is 4.79 Å². The van der Waals surface area contributed by atoms with Crippen molar-refractivity contribution in [3.05, 3.63) is 59.1 Å². The van der Waals surface area contributed by atoms with E-state index < -0.39 is 0 Å². The zero-order chi connectivity index (χ0) is 19.1. The largest absolute Gasteiger partial charge is 0.492 e. The second-order valence-electron chi connectivity index (χ2n) is 6.47. The molecule has 0 aliphatic carbocycles. The summed E-state index contributed by atoms with van der Waals surface area (Å²) in [6.45, 7) is 2.07. The summed E-state index contributed by atoms with van der Waals surface area (Å²) in [5.74, 6) is 1.16. The first kappa shape index (κ1) is 19.5. The van der Waals surface area contributed by atoms with Crippen LogP contribution in [-0.4, -0.2) is 50.3 Å². The van der Waals surface area contributed by atoms with E-state index in [0.29, 0.717) is 41.8 Å². The monoisotopic (exact) mass is 389 g/mol. The highest BCUT2D eigenvalue weighted by Gasteiger charge is 2.20. The second-order valence-corrected chi connectivity index (χ2v) is 6.91. The summed E-state index contributed by atoms with van der Waals surface area (Å²) < 4.78 is 17.1. The van der Waals surface area contributed by atoms with E-state index in [1.807, 2.05) is 30.3 Å². The summed E-state index contributed by atoms with van der Waals surface area (Å²) in [5, 5.41) is 0.620. The molecule has 1 saturated heterocycles. The molecule has 1 atom stereocenters. The lowest BCUT2D eigenvalue weighted by atomic mass is 10.1. The van der Waals surface area contributed by atoms with Crippen molar-refractivity contribution in [2.75, 3.05) is 33.4 Å². The number of nitrogens with zero attached hydrogens (tertiary/aromatic N) is 1. The van der Waals surface area contributed by atoms with Crippen molar-refractivity contribution in [1.82, 2.24) is 4.90 Å². The lowest BCUT2D eigenvalue weighted by molar-refractivity contribution is 0.0655. The lowest BCUT2D eigenvalue weighted by Gasteiger charge is -2.20. The highest BCUT2D eigenvalue weighted by atomic mass is 35.5. The molecule has 144 valence electrons. The molecule has 2 aromatic carbocycles. The van der Waals surface area contributed by atoms with Gasteiger partial charge in [-0.05, 0) is 43.2 Å². The maximum Gasteiger partial charge on any atom is 0.257 e. The zero-order valence-electron chi connectivity index (χ0n) is 15.4. The van der Waals surface area contributed by atoms with Crippen molar-refractivity contribution >= 4 is 17.5 Å². The van der Waals surface area contributed by atoms with Crippen LogP contribution in [0, 0.1) is 0 Å². The van der Waals surface area contributed by atoms with E-state index in [4.69, 9.17) is 25.8 Å². The molecule has 0 spiro atoms. The molecule has 0 bridgehead atoms. The number of ether oxygens (including phenoxy) is 3. The third-order valence-corrected chi connectivity index (χ3v) is 4.64. The fraction of sp³-hybridized carbons (Fsp3) is 0.381. The minimum Gasteiger partial charge on any atom is -0.492 e. The number of hydrogen-bond acceptors (Lipinski definition) is 4. The minimum absolute atomic E-state index is 0.104. The van der Waals surface area contributed by atoms with Crippen LogP contribution < -0.4 is 9.47 Å². The molecule has 0 saturated carbocycles. The van der Waals surface area contributed by atoms with Gasteiger partial charge in [0.1, 0.15) is 24.7 Å². The third-order valence-electron chi connectivity index (χ3n) is 4.40. The first-order valence-corrected chi connectivity index (χ1v) is 9.48. The average molecular weight is 390 g/mol. The number of benzene rings is 2. The van der Waals surface area contributed by atoms with Crippen LogP contribution in [0.2, 0.25) is 5.02 Å². The van der Waals surface area contributed by atoms with E-state index >= 15 is 0 Å². The number of rotatable bonds is 8. The van der Waals surface area contributed by atoms with Gasteiger partial charge in [-0.25, -0.2) is 0 Å². The molecule has 1 aliphatic heterocycles. The Bertz CT molecular complexity index is 761. The number of para-hydroxylation sites is 1. The standard InChI is InChI=1S/C21H24ClNO4/c1-23(11-13-26-17-7-4-6-16(22)14-17)21(24)19-9-2-3-10-20(19)27-15-18-8-5-12-25-18/h2-4,6-7,9-10,14,18H,5,8,11-13,15H2,1H3. The molecule has 1 heterocycles. The first-order chi connectivity index (χ1) is 13.1. The van der Waals surface area contributed by atoms with Crippen molar-refractivity contribution in [3.8, 4) is 11.5 Å². The molecule has 0 radical (unpaired) electrons. The van der Waals surface area contributed by atoms with E-state index in [-0.39, 0.29) is 12.0 Å². The Labute approximate surface area is 164 Å². The maximum absolute atomic E-state index is 12.8. The molecule has 5 nitrogen and oxygen atoms in total. The summed E-state index contributed by atoms with van der Waals surface area (Å²) >= 11 is 5.94. The molecule has 6 heteroatoms. The molecule has 27 heavy (non-hydrogen) atoms. The molecular weight excluding hydrogens is 366 g/mol. The van der Waals surface area contributed by atoms with E-state index in [2.05, 4.69) is 0 Å². The Morgan fingerprint density at radius 3 is 2.85 bits per heavy atom. The average Bonchev–Trinajstić information content (AvgIpc) is 3.19. The summed E-state index contributed by atoms with van der Waals surface area (Å²) in [5.41, 5.74) is 0.542. The molecular formula is C21H24ClNO4. The summed E-state index contributed by atoms with van der Waals surface area (Å²) in [7, 11) is 1.75. The normalized spacial score (nSPS) is 16.1. The van der Waals surface area contributed by atoms with E-state index in [1.54, 1.807) is 30.1 Å². The number of amides is 1. The van der Waals surface area contributed by atoms with Crippen LogP contribution in [0.3, 0.4) is 0 Å². The Kier molecular flexibility index (Phi) is 6.96. The van der Waals surface area contributed by atoms with Gasteiger partial charge in [-0.1, -0.05) is 29.8 Å². The smallest absolute Gasteiger partial charge is 0.257 e. The molecule has 0 N–H and O–H groups in total. The van der Waals surface area contributed by atoms with Crippen LogP contribution in [-0.2, 0) is 4.74 Å². The minimum atomic E-state index is -0.104. The zero-order valence-corrected chi connectivity index (χ0v) is 16.2. The van der Waals surface area contributed by atoms with Gasteiger partial charge in [-0.15, -0.1) is 0 Å². The number of carbonyl (C=O) groups excluding carboxylic acids is 1. The van der Waals surface area contributed by atoms with Crippen LogP contribution in [0.4, 0.5) is 0 Å². The Morgan fingerprint density at radius 2 is 2.07 bits per heavy atom. The van der Waals surface area contributed by atoms with Gasteiger partial charge in [0, 0.05) is 18.7 Å². The first-order valence-electron chi connectivity index (χ1n) is 9.11. The predicted octanol–water partition coefficient (Wildman–Crippen LogP) is 4.05. The van der Waals surface area contributed by atoms with Gasteiger partial charge < -0.3 is 19.1 Å². The molecule has 0 aromatic heterocycles. The summed E-state index contributed by atoms with van der Waals surface area (Å²) in [4.78, 5) is 14.4. The van der Waals surface area contributed by atoms with Crippen molar-refractivity contribution in [1.29, 1.82) is 0 Å². The van der Waals surface area contributed by atoms with Gasteiger partial charge in [0.15, 0.2) is 0 Å². The fourth-order valence-electron chi connectivity index (χ4n) is 2.89. The van der Waals surface area contributed by atoms with Gasteiger partial charge in [0.2, 0.25) is 0 Å². The van der Waals surface area contributed by atoms with Crippen molar-refractivity contribution < 1.29 is 19.0 Å². The SMILES string of the molecule is CN(CCOc1cccc(Cl)c1)C(=O)c1ccccc1OCC1CCCO1. The highest BCUT2D eigenvalue weighted by molar-refractivity contribution is 6.30. The van der Waals surface area contributed by atoms with Crippen molar-refractivity contribution in [3.63, 3.8) is 0 Å². The summed E-state index contributed by atoms with van der Waals surface area (Å²) in [6.07, 6.45) is 2.16. The van der Waals surface area contributed by atoms with Gasteiger partial charge in [-0.2, -0.15) is 0 Å². The Balaban J connectivity index is 1.54. The van der Waals surface area contributed by atoms with Crippen molar-refractivity contribution in [2.24, 2.45) is 0 Å². The van der Waals surface area contributed by atoms with Crippen LogP contribution >= 0.6 is 11.6 Å². The van der Waals surface area contributed by atoms with E-state index in [1.165, 1.54) is 0 Å². The number of carbonyl (C=O) groups is 1. The molecule has 3 rings (SSSR count). The quantitative estimate of drug-likeness (QED) is 0.683. The van der Waals surface area contributed by atoms with Gasteiger partial charge >= 0.3 is 0 Å². The number of hydrogen-bond donors (Lipinski definition) is 0. The van der Waals surface area contributed by atoms with Crippen LogP contribution in [0.25, 0.3) is 0 Å². The van der Waals surface area contributed by atoms with Crippen LogP contribution in [0.5, 0.6) is 11.5 Å². The lowest BCUT2D eigenvalue weighted by Crippen LogP contribution is -2.31. The van der Waals surface area contributed by atoms with E-state index in [0.717, 1.165) is 19.4 Å². The summed E-state index contributed by atoms with van der Waals surface area (Å²) in [6, 6.07) is 14.5. The molecule has 1 aliphatic rings. The molecule has 1 amide bonds. The van der Waals surface area contributed by atoms with Gasteiger partial charge in [0.05, 0.1) is 18.2 Å². The number of halogens is 1. The van der Waals surface area contributed by atoms with Crippen LogP contribution in [0.15, 0.2) is 48.5 Å². The molecule has 2 aromatic rings. The fourth-order valence-corrected chi connectivity index (χ4v) is 3.07. The Hall–Kier alpha value is -2.24. The van der Waals surface area contributed by atoms with E-state index in [9.17, 15) is 4.79 Å². The molecule has 1 fully saturated rings. The van der Waals surface area contributed by atoms with Gasteiger partial charge in [0.25, 0.3) is 5.91 Å². The maximum atomic E-state index is 12.8. The van der Waals surface area contributed by atoms with Crippen molar-refractivity contribution in [2.45, 2.75) is 18.9 Å². The molecule has 1 unspecified atom stereocenters. The topological polar surface area (TPSA) is 48.0 Å². The third kappa shape index (κ3) is 5.62. The Morgan fingerprint density at radius 1 is 1.22 bits per heavy atom. The predicted molar refractivity (Wildman–Crippen MR) is 105 cm³/mol. The second kappa shape index (κ2) is 9.62. The highest BCUT2D eigenvalue weighted by Crippen LogP contribution is 2.22.